The number of piperazine rings is 1. The second-order valence-electron chi connectivity index (χ2n) is 6.22. The highest BCUT2D eigenvalue weighted by molar-refractivity contribution is 5.92. The number of likely N-dealkylation sites (N-methyl/N-ethyl adjacent to an activating group) is 1. The van der Waals surface area contributed by atoms with Crippen molar-refractivity contribution in [3.63, 3.8) is 0 Å². The molecule has 0 saturated carbocycles. The summed E-state index contributed by atoms with van der Waals surface area (Å²) in [4.78, 5) is 9.51. The Kier molecular flexibility index (Phi) is 6.86. The third-order valence-electron chi connectivity index (χ3n) is 4.61. The van der Waals surface area contributed by atoms with Gasteiger partial charge in [0.15, 0.2) is 5.96 Å². The highest BCUT2D eigenvalue weighted by Crippen LogP contribution is 2.11. The van der Waals surface area contributed by atoms with Crippen LogP contribution in [0.2, 0.25) is 0 Å². The van der Waals surface area contributed by atoms with Crippen LogP contribution in [0.15, 0.2) is 29.3 Å². The summed E-state index contributed by atoms with van der Waals surface area (Å²) in [5, 5.41) is 3.19. The van der Waals surface area contributed by atoms with Gasteiger partial charge in [0.25, 0.3) is 0 Å². The minimum atomic E-state index is 0.427. The summed E-state index contributed by atoms with van der Waals surface area (Å²) in [6.07, 6.45) is 1.02. The van der Waals surface area contributed by atoms with Crippen molar-refractivity contribution in [2.24, 2.45) is 10.7 Å². The Labute approximate surface area is 140 Å². The van der Waals surface area contributed by atoms with Crippen LogP contribution in [-0.4, -0.2) is 61.1 Å². The molecule has 1 aromatic carbocycles. The second kappa shape index (κ2) is 8.89. The molecule has 5 nitrogen and oxygen atoms in total. The van der Waals surface area contributed by atoms with E-state index in [2.05, 4.69) is 53.0 Å². The zero-order chi connectivity index (χ0) is 16.7. The maximum atomic E-state index is 6.03. The van der Waals surface area contributed by atoms with E-state index in [-0.39, 0.29) is 0 Å². The highest BCUT2D eigenvalue weighted by Gasteiger charge is 2.19. The molecule has 1 saturated heterocycles. The summed E-state index contributed by atoms with van der Waals surface area (Å²) in [5.41, 5.74) is 8.34. The lowest BCUT2D eigenvalue weighted by Gasteiger charge is -2.37. The van der Waals surface area contributed by atoms with E-state index in [0.717, 1.165) is 51.4 Å². The molecule has 3 N–H and O–H groups in total. The number of rotatable bonds is 6. The Bertz CT molecular complexity index is 506. The van der Waals surface area contributed by atoms with Crippen LogP contribution < -0.4 is 11.1 Å². The van der Waals surface area contributed by atoms with E-state index >= 15 is 0 Å². The van der Waals surface area contributed by atoms with Crippen LogP contribution in [-0.2, 0) is 6.42 Å². The molecule has 0 amide bonds. The van der Waals surface area contributed by atoms with E-state index in [1.54, 1.807) is 0 Å². The maximum Gasteiger partial charge on any atom is 0.193 e. The fourth-order valence-corrected chi connectivity index (χ4v) is 2.92. The first-order chi connectivity index (χ1) is 11.1. The van der Waals surface area contributed by atoms with Gasteiger partial charge >= 0.3 is 0 Å². The average molecular weight is 317 g/mol. The molecule has 5 heteroatoms. The van der Waals surface area contributed by atoms with Gasteiger partial charge in [0.1, 0.15) is 0 Å². The Morgan fingerprint density at radius 3 is 2.65 bits per heavy atom. The van der Waals surface area contributed by atoms with E-state index in [1.165, 1.54) is 5.56 Å². The normalized spacial score (nSPS) is 18.8. The van der Waals surface area contributed by atoms with Gasteiger partial charge in [0.05, 0.1) is 6.54 Å². The van der Waals surface area contributed by atoms with Crippen LogP contribution in [0.5, 0.6) is 0 Å². The predicted molar refractivity (Wildman–Crippen MR) is 99.1 cm³/mol. The van der Waals surface area contributed by atoms with Gasteiger partial charge in [0.2, 0.25) is 0 Å². The minimum absolute atomic E-state index is 0.427. The van der Waals surface area contributed by atoms with Crippen molar-refractivity contribution in [2.75, 3.05) is 44.6 Å². The van der Waals surface area contributed by atoms with Crippen molar-refractivity contribution in [3.05, 3.63) is 29.8 Å². The van der Waals surface area contributed by atoms with Crippen molar-refractivity contribution in [2.45, 2.75) is 33.2 Å². The van der Waals surface area contributed by atoms with Crippen LogP contribution in [0.3, 0.4) is 0 Å². The maximum absolute atomic E-state index is 6.03. The molecule has 1 aliphatic heterocycles. The van der Waals surface area contributed by atoms with Gasteiger partial charge in [-0.1, -0.05) is 26.0 Å². The summed E-state index contributed by atoms with van der Waals surface area (Å²) in [7, 11) is 0. The molecule has 1 atom stereocenters. The van der Waals surface area contributed by atoms with Gasteiger partial charge in [-0.2, -0.15) is 0 Å². The first kappa shape index (κ1) is 17.8. The Morgan fingerprint density at radius 2 is 2.00 bits per heavy atom. The zero-order valence-electron chi connectivity index (χ0n) is 14.8. The van der Waals surface area contributed by atoms with Gasteiger partial charge < -0.3 is 16.0 Å². The second-order valence-corrected chi connectivity index (χ2v) is 6.22. The molecule has 2 rings (SSSR count). The summed E-state index contributed by atoms with van der Waals surface area (Å²) in [6, 6.07) is 8.74. The quantitative estimate of drug-likeness (QED) is 0.622. The molecular formula is C18H31N5. The van der Waals surface area contributed by atoms with E-state index < -0.39 is 0 Å². The SMILES string of the molecule is CCc1cccc(NC(N)=NC[C@H](C)N2CCN(CC)CC2)c1. The molecule has 0 spiro atoms. The smallest absolute Gasteiger partial charge is 0.193 e. The monoisotopic (exact) mass is 317 g/mol. The highest BCUT2D eigenvalue weighted by atomic mass is 15.3. The van der Waals surface area contributed by atoms with E-state index in [1.807, 2.05) is 12.1 Å². The number of guanidine groups is 1. The minimum Gasteiger partial charge on any atom is -0.370 e. The lowest BCUT2D eigenvalue weighted by atomic mass is 10.1. The third-order valence-corrected chi connectivity index (χ3v) is 4.61. The molecule has 1 aliphatic rings. The van der Waals surface area contributed by atoms with Crippen molar-refractivity contribution in [1.29, 1.82) is 0 Å². The average Bonchev–Trinajstić information content (AvgIpc) is 2.60. The van der Waals surface area contributed by atoms with Gasteiger partial charge in [-0.3, -0.25) is 9.89 Å². The van der Waals surface area contributed by atoms with Crippen LogP contribution >= 0.6 is 0 Å². The Balaban J connectivity index is 1.81. The van der Waals surface area contributed by atoms with Gasteiger partial charge in [-0.15, -0.1) is 0 Å². The number of nitrogens with two attached hydrogens (primary N) is 1. The van der Waals surface area contributed by atoms with Crippen molar-refractivity contribution in [3.8, 4) is 0 Å². The molecule has 0 aromatic heterocycles. The third kappa shape index (κ3) is 5.52. The number of benzene rings is 1. The molecule has 23 heavy (non-hydrogen) atoms. The number of hydrogen-bond donors (Lipinski definition) is 2. The molecule has 1 heterocycles. The molecule has 0 radical (unpaired) electrons. The zero-order valence-corrected chi connectivity index (χ0v) is 14.8. The van der Waals surface area contributed by atoms with Crippen LogP contribution in [0, 0.1) is 0 Å². The summed E-state index contributed by atoms with van der Waals surface area (Å²) in [6.45, 7) is 13.0. The predicted octanol–water partition coefficient (Wildman–Crippen LogP) is 2.00. The largest absolute Gasteiger partial charge is 0.370 e. The van der Waals surface area contributed by atoms with Crippen molar-refractivity contribution >= 4 is 11.6 Å². The molecule has 0 bridgehead atoms. The topological polar surface area (TPSA) is 56.9 Å². The fourth-order valence-electron chi connectivity index (χ4n) is 2.92. The molecule has 1 fully saturated rings. The number of hydrogen-bond acceptors (Lipinski definition) is 3. The van der Waals surface area contributed by atoms with E-state index in [4.69, 9.17) is 5.73 Å². The van der Waals surface area contributed by atoms with Crippen LogP contribution in [0.4, 0.5) is 5.69 Å². The van der Waals surface area contributed by atoms with Gasteiger partial charge in [-0.05, 0) is 37.6 Å². The van der Waals surface area contributed by atoms with E-state index in [0.29, 0.717) is 12.0 Å². The lowest BCUT2D eigenvalue weighted by molar-refractivity contribution is 0.109. The molecular weight excluding hydrogens is 286 g/mol. The lowest BCUT2D eigenvalue weighted by Crippen LogP contribution is -2.50. The Morgan fingerprint density at radius 1 is 1.26 bits per heavy atom. The van der Waals surface area contributed by atoms with Crippen molar-refractivity contribution in [1.82, 2.24) is 9.80 Å². The summed E-state index contributed by atoms with van der Waals surface area (Å²) in [5.74, 6) is 0.497. The molecule has 128 valence electrons. The number of nitrogens with one attached hydrogen (secondary N) is 1. The number of aryl methyl sites for hydroxylation is 1. The van der Waals surface area contributed by atoms with Gasteiger partial charge in [-0.25, -0.2) is 0 Å². The van der Waals surface area contributed by atoms with Crippen LogP contribution in [0.25, 0.3) is 0 Å². The molecule has 0 aliphatic carbocycles. The number of nitrogens with zero attached hydrogens (tertiary/aromatic N) is 3. The molecule has 0 unspecified atom stereocenters. The van der Waals surface area contributed by atoms with E-state index in [9.17, 15) is 0 Å². The van der Waals surface area contributed by atoms with Gasteiger partial charge in [0, 0.05) is 37.9 Å². The first-order valence-corrected chi connectivity index (χ1v) is 8.74. The summed E-state index contributed by atoms with van der Waals surface area (Å²) < 4.78 is 0. The van der Waals surface area contributed by atoms with Crippen molar-refractivity contribution < 1.29 is 0 Å². The molecule has 1 aromatic rings. The van der Waals surface area contributed by atoms with Crippen LogP contribution in [0.1, 0.15) is 26.3 Å². The fraction of sp³-hybridized carbons (Fsp3) is 0.611. The first-order valence-electron chi connectivity index (χ1n) is 8.74. The summed E-state index contributed by atoms with van der Waals surface area (Å²) >= 11 is 0. The number of anilines is 1. The Hall–Kier alpha value is -1.59. The number of aliphatic imine (C=N–C) groups is 1. The standard InChI is InChI=1S/C18H31N5/c1-4-16-7-6-8-17(13-16)21-18(19)20-14-15(3)23-11-9-22(5-2)10-12-23/h6-8,13,15H,4-5,9-12,14H2,1-3H3,(H3,19,20,21)/t15-/m0/s1.